The van der Waals surface area contributed by atoms with Gasteiger partial charge in [0.15, 0.2) is 6.10 Å². The van der Waals surface area contributed by atoms with Crippen molar-refractivity contribution in [1.29, 1.82) is 0 Å². The second-order valence-corrected chi connectivity index (χ2v) is 5.62. The van der Waals surface area contributed by atoms with Crippen LogP contribution in [0.15, 0.2) is 0 Å². The van der Waals surface area contributed by atoms with Crippen molar-refractivity contribution in [2.75, 3.05) is 19.7 Å². The Morgan fingerprint density at radius 1 is 1.00 bits per heavy atom. The Kier molecular flexibility index (Phi) is 7.49. The molecule has 1 aliphatic heterocycles. The molecule has 0 amide bonds. The number of ether oxygens (including phenoxy) is 1. The van der Waals surface area contributed by atoms with Crippen molar-refractivity contribution >= 4 is 0 Å². The monoisotopic (exact) mass is 307 g/mol. The molecule has 21 heavy (non-hydrogen) atoms. The number of hydrogen-bond donors (Lipinski definition) is 5. The maximum atomic E-state index is 10.7. The van der Waals surface area contributed by atoms with Crippen LogP contribution in [0.1, 0.15) is 39.5 Å². The van der Waals surface area contributed by atoms with Crippen molar-refractivity contribution in [1.82, 2.24) is 4.90 Å². The molecule has 1 heterocycles. The zero-order valence-corrected chi connectivity index (χ0v) is 12.9. The van der Waals surface area contributed by atoms with Crippen molar-refractivity contribution < 1.29 is 30.3 Å². The Labute approximate surface area is 125 Å². The van der Waals surface area contributed by atoms with Gasteiger partial charge in [-0.2, -0.15) is 0 Å². The summed E-state index contributed by atoms with van der Waals surface area (Å²) >= 11 is 0. The van der Waals surface area contributed by atoms with Gasteiger partial charge in [-0.3, -0.25) is 4.90 Å². The molecule has 0 radical (unpaired) electrons. The van der Waals surface area contributed by atoms with Crippen LogP contribution in [0.5, 0.6) is 0 Å². The maximum absolute atomic E-state index is 10.7. The second-order valence-electron chi connectivity index (χ2n) is 5.62. The van der Waals surface area contributed by atoms with Gasteiger partial charge in [-0.25, -0.2) is 0 Å². The predicted octanol–water partition coefficient (Wildman–Crippen LogP) is -0.991. The van der Waals surface area contributed by atoms with Crippen molar-refractivity contribution in [3.05, 3.63) is 0 Å². The van der Waals surface area contributed by atoms with E-state index in [1.165, 1.54) is 0 Å². The largest absolute Gasteiger partial charge is 0.394 e. The van der Waals surface area contributed by atoms with Crippen molar-refractivity contribution in [3.8, 4) is 0 Å². The molecule has 0 aromatic heterocycles. The lowest BCUT2D eigenvalue weighted by molar-refractivity contribution is -0.403. The van der Waals surface area contributed by atoms with E-state index >= 15 is 0 Å². The van der Waals surface area contributed by atoms with Crippen molar-refractivity contribution in [3.63, 3.8) is 0 Å². The molecule has 1 saturated heterocycles. The van der Waals surface area contributed by atoms with Crippen LogP contribution in [0.4, 0.5) is 0 Å². The molecular formula is C14H29NO6. The Balaban J connectivity index is 2.94. The number of hydrogen-bond acceptors (Lipinski definition) is 7. The fourth-order valence-electron chi connectivity index (χ4n) is 2.53. The summed E-state index contributed by atoms with van der Waals surface area (Å²) in [5.41, 5.74) is 0. The molecule has 0 bridgehead atoms. The van der Waals surface area contributed by atoms with E-state index in [4.69, 9.17) is 4.74 Å². The molecule has 0 spiro atoms. The van der Waals surface area contributed by atoms with Crippen LogP contribution >= 0.6 is 0 Å². The molecule has 1 aliphatic rings. The van der Waals surface area contributed by atoms with E-state index in [0.29, 0.717) is 13.1 Å². The van der Waals surface area contributed by atoms with Gasteiger partial charge in [0.2, 0.25) is 0 Å². The van der Waals surface area contributed by atoms with E-state index < -0.39 is 36.9 Å². The van der Waals surface area contributed by atoms with Crippen LogP contribution in [0.25, 0.3) is 0 Å². The van der Waals surface area contributed by atoms with Gasteiger partial charge >= 0.3 is 0 Å². The lowest BCUT2D eigenvalue weighted by Crippen LogP contribution is -2.71. The van der Waals surface area contributed by atoms with Crippen LogP contribution in [0.2, 0.25) is 0 Å². The first-order valence-corrected chi connectivity index (χ1v) is 7.72. The molecule has 7 heteroatoms. The van der Waals surface area contributed by atoms with Crippen LogP contribution in [-0.2, 0) is 4.74 Å². The normalized spacial score (nSPS) is 37.1. The molecular weight excluding hydrogens is 278 g/mol. The van der Waals surface area contributed by atoms with Gasteiger partial charge < -0.3 is 30.3 Å². The number of aliphatic hydroxyl groups excluding tert-OH is 4. The minimum atomic E-state index is -2.10. The first kappa shape index (κ1) is 18.8. The minimum Gasteiger partial charge on any atom is -0.394 e. The molecule has 126 valence electrons. The number of aliphatic hydroxyl groups is 5. The lowest BCUT2D eigenvalue weighted by atomic mass is 9.95. The van der Waals surface area contributed by atoms with Gasteiger partial charge in [-0.05, 0) is 12.8 Å². The second kappa shape index (κ2) is 8.38. The number of nitrogens with zero attached hydrogens (tertiary/aromatic N) is 1. The van der Waals surface area contributed by atoms with Crippen molar-refractivity contribution in [2.24, 2.45) is 0 Å². The Hall–Kier alpha value is -0.280. The summed E-state index contributed by atoms with van der Waals surface area (Å²) < 4.78 is 5.35. The zero-order valence-electron chi connectivity index (χ0n) is 12.9. The molecule has 5 atom stereocenters. The Bertz CT molecular complexity index is 295. The zero-order chi connectivity index (χ0) is 16.0. The van der Waals surface area contributed by atoms with Gasteiger partial charge in [0.25, 0.3) is 5.91 Å². The highest BCUT2D eigenvalue weighted by Crippen LogP contribution is 2.31. The average molecular weight is 307 g/mol. The fourth-order valence-corrected chi connectivity index (χ4v) is 2.53. The third kappa shape index (κ3) is 4.13. The molecule has 0 aromatic carbocycles. The SMILES string of the molecule is CCCCN(CCCC)C1(O)OC(CO)C(O)C(O)C1O. The van der Waals surface area contributed by atoms with Crippen molar-refractivity contribution in [2.45, 2.75) is 69.9 Å². The summed E-state index contributed by atoms with van der Waals surface area (Å²) in [6.45, 7) is 4.45. The maximum Gasteiger partial charge on any atom is 0.258 e. The summed E-state index contributed by atoms with van der Waals surface area (Å²) in [5, 5.41) is 49.7. The molecule has 7 nitrogen and oxygen atoms in total. The smallest absolute Gasteiger partial charge is 0.258 e. The van der Waals surface area contributed by atoms with Gasteiger partial charge in [-0.15, -0.1) is 0 Å². The highest BCUT2D eigenvalue weighted by molar-refractivity contribution is 4.95. The van der Waals surface area contributed by atoms with E-state index in [9.17, 15) is 25.5 Å². The van der Waals surface area contributed by atoms with Crippen LogP contribution < -0.4 is 0 Å². The molecule has 0 aliphatic carbocycles. The molecule has 5 N–H and O–H groups in total. The first-order chi connectivity index (χ1) is 9.92. The van der Waals surface area contributed by atoms with Crippen LogP contribution in [-0.4, -0.2) is 80.5 Å². The van der Waals surface area contributed by atoms with Gasteiger partial charge in [0, 0.05) is 13.1 Å². The summed E-state index contributed by atoms with van der Waals surface area (Å²) in [6, 6.07) is 0. The van der Waals surface area contributed by atoms with E-state index in [0.717, 1.165) is 25.7 Å². The fraction of sp³-hybridized carbons (Fsp3) is 1.00. The van der Waals surface area contributed by atoms with E-state index in [-0.39, 0.29) is 0 Å². The number of unbranched alkanes of at least 4 members (excludes halogenated alkanes) is 2. The summed E-state index contributed by atoms with van der Waals surface area (Å²) in [6.07, 6.45) is -2.42. The molecule has 0 saturated carbocycles. The Morgan fingerprint density at radius 3 is 1.95 bits per heavy atom. The quantitative estimate of drug-likeness (QED) is 0.366. The third-order valence-electron chi connectivity index (χ3n) is 3.96. The molecule has 1 rings (SSSR count). The van der Waals surface area contributed by atoms with E-state index in [1.807, 2.05) is 13.8 Å². The van der Waals surface area contributed by atoms with E-state index in [1.54, 1.807) is 4.90 Å². The van der Waals surface area contributed by atoms with Gasteiger partial charge in [-0.1, -0.05) is 26.7 Å². The van der Waals surface area contributed by atoms with Crippen LogP contribution in [0.3, 0.4) is 0 Å². The molecule has 0 aromatic rings. The summed E-state index contributed by atoms with van der Waals surface area (Å²) in [5.74, 6) is -2.10. The lowest BCUT2D eigenvalue weighted by Gasteiger charge is -2.50. The van der Waals surface area contributed by atoms with Gasteiger partial charge in [0.1, 0.15) is 18.3 Å². The topological polar surface area (TPSA) is 114 Å². The number of rotatable bonds is 8. The van der Waals surface area contributed by atoms with E-state index in [2.05, 4.69) is 0 Å². The molecule has 1 fully saturated rings. The predicted molar refractivity (Wildman–Crippen MR) is 76.3 cm³/mol. The Morgan fingerprint density at radius 2 is 1.52 bits per heavy atom. The van der Waals surface area contributed by atoms with Gasteiger partial charge in [0.05, 0.1) is 6.61 Å². The standard InChI is InChI=1S/C14H29NO6/c1-3-5-7-15(8-6-4-2)14(20)13(19)12(18)11(17)10(9-16)21-14/h10-13,16-20H,3-9H2,1-2H3. The summed E-state index contributed by atoms with van der Waals surface area (Å²) in [7, 11) is 0. The highest BCUT2D eigenvalue weighted by Gasteiger charge is 2.55. The molecule has 5 unspecified atom stereocenters. The average Bonchev–Trinajstić information content (AvgIpc) is 2.49. The highest BCUT2D eigenvalue weighted by atomic mass is 16.7. The minimum absolute atomic E-state index is 0.491. The third-order valence-corrected chi connectivity index (χ3v) is 3.96. The summed E-state index contributed by atoms with van der Waals surface area (Å²) in [4.78, 5) is 1.57. The van der Waals surface area contributed by atoms with Crippen LogP contribution in [0, 0.1) is 0 Å². The first-order valence-electron chi connectivity index (χ1n) is 7.72.